The lowest BCUT2D eigenvalue weighted by Crippen LogP contribution is -2.45. The zero-order valence-electron chi connectivity index (χ0n) is 10.5. The first-order chi connectivity index (χ1) is 9.02. The maximum atomic E-state index is 13.1. The minimum absolute atomic E-state index is 0.0761. The summed E-state index contributed by atoms with van der Waals surface area (Å²) in [6.07, 6.45) is 0.670. The summed E-state index contributed by atoms with van der Waals surface area (Å²) in [5.41, 5.74) is -0.187. The van der Waals surface area contributed by atoms with E-state index in [9.17, 15) is 18.0 Å². The van der Waals surface area contributed by atoms with Crippen molar-refractivity contribution >= 4 is 5.91 Å². The van der Waals surface area contributed by atoms with Crippen molar-refractivity contribution in [2.24, 2.45) is 0 Å². The number of carbonyl (C=O) groups is 1. The number of carbonyl (C=O) groups excluding carboxylic acids is 1. The van der Waals surface area contributed by atoms with E-state index in [1.165, 1.54) is 4.90 Å². The summed E-state index contributed by atoms with van der Waals surface area (Å²) in [5.74, 6) is -4.79. The molecule has 0 radical (unpaired) electrons. The second-order valence-corrected chi connectivity index (χ2v) is 4.41. The third kappa shape index (κ3) is 2.89. The summed E-state index contributed by atoms with van der Waals surface area (Å²) in [5, 5.41) is 0. The Morgan fingerprint density at radius 3 is 2.58 bits per heavy atom. The van der Waals surface area contributed by atoms with Gasteiger partial charge in [0, 0.05) is 18.7 Å². The molecule has 1 heterocycles. The highest BCUT2D eigenvalue weighted by molar-refractivity contribution is 5.94. The van der Waals surface area contributed by atoms with Gasteiger partial charge in [0.1, 0.15) is 0 Å². The molecule has 6 heteroatoms. The normalized spacial score (nSPS) is 19.6. The highest BCUT2D eigenvalue weighted by Gasteiger charge is 2.25. The fraction of sp³-hybridized carbons (Fsp3) is 0.462. The third-order valence-corrected chi connectivity index (χ3v) is 3.11. The monoisotopic (exact) mass is 273 g/mol. The van der Waals surface area contributed by atoms with Crippen LogP contribution in [-0.4, -0.2) is 36.6 Å². The first-order valence-electron chi connectivity index (χ1n) is 6.08. The first kappa shape index (κ1) is 13.9. The Balaban J connectivity index is 2.19. The van der Waals surface area contributed by atoms with Crippen LogP contribution in [0.5, 0.6) is 0 Å². The van der Waals surface area contributed by atoms with Crippen molar-refractivity contribution in [2.45, 2.75) is 19.4 Å². The van der Waals surface area contributed by atoms with Crippen LogP contribution in [0.3, 0.4) is 0 Å². The number of benzene rings is 1. The molecule has 0 N–H and O–H groups in total. The number of halogens is 3. The molecule has 1 aromatic carbocycles. The van der Waals surface area contributed by atoms with Crippen LogP contribution in [-0.2, 0) is 4.74 Å². The van der Waals surface area contributed by atoms with Gasteiger partial charge in [0.15, 0.2) is 17.5 Å². The summed E-state index contributed by atoms with van der Waals surface area (Å²) in [4.78, 5) is 13.6. The Hall–Kier alpha value is -1.56. The lowest BCUT2D eigenvalue weighted by Gasteiger charge is -2.32. The van der Waals surface area contributed by atoms with Gasteiger partial charge < -0.3 is 9.64 Å². The number of rotatable bonds is 2. The second-order valence-electron chi connectivity index (χ2n) is 4.41. The SMILES string of the molecule is CCC1CN(C(=O)c2cc(F)c(F)c(F)c2)CCO1. The molecule has 0 spiro atoms. The minimum atomic E-state index is -1.56. The smallest absolute Gasteiger partial charge is 0.254 e. The Morgan fingerprint density at radius 1 is 1.37 bits per heavy atom. The average Bonchev–Trinajstić information content (AvgIpc) is 2.43. The molecule has 0 aromatic heterocycles. The predicted octanol–water partition coefficient (Wildman–Crippen LogP) is 2.35. The maximum Gasteiger partial charge on any atom is 0.254 e. The third-order valence-electron chi connectivity index (χ3n) is 3.11. The standard InChI is InChI=1S/C13H14F3NO2/c1-2-9-7-17(3-4-19-9)13(18)8-5-10(14)12(16)11(15)6-8/h5-6,9H,2-4,7H2,1H3. The predicted molar refractivity (Wildman–Crippen MR) is 62.3 cm³/mol. The fourth-order valence-electron chi connectivity index (χ4n) is 2.01. The molecule has 1 amide bonds. The quantitative estimate of drug-likeness (QED) is 0.774. The molecular formula is C13H14F3NO2. The Kier molecular flexibility index (Phi) is 4.09. The summed E-state index contributed by atoms with van der Waals surface area (Å²) < 4.78 is 44.4. The van der Waals surface area contributed by atoms with Crippen LogP contribution in [0.1, 0.15) is 23.7 Å². The Labute approximate surface area is 109 Å². The lowest BCUT2D eigenvalue weighted by molar-refractivity contribution is -0.0226. The summed E-state index contributed by atoms with van der Waals surface area (Å²) in [6.45, 7) is 3.04. The topological polar surface area (TPSA) is 29.5 Å². The largest absolute Gasteiger partial charge is 0.375 e. The number of hydrogen-bond donors (Lipinski definition) is 0. The molecule has 0 aliphatic carbocycles. The van der Waals surface area contributed by atoms with Gasteiger partial charge in [-0.05, 0) is 18.6 Å². The fourth-order valence-corrected chi connectivity index (χ4v) is 2.01. The van der Waals surface area contributed by atoms with E-state index in [-0.39, 0.29) is 11.7 Å². The number of morpholine rings is 1. The molecule has 3 nitrogen and oxygen atoms in total. The van der Waals surface area contributed by atoms with Crippen molar-refractivity contribution in [2.75, 3.05) is 19.7 Å². The van der Waals surface area contributed by atoms with Crippen molar-refractivity contribution in [3.63, 3.8) is 0 Å². The molecule has 1 aromatic rings. The van der Waals surface area contributed by atoms with E-state index >= 15 is 0 Å². The average molecular weight is 273 g/mol. The summed E-state index contributed by atoms with van der Waals surface area (Å²) in [7, 11) is 0. The second kappa shape index (κ2) is 5.61. The molecule has 1 saturated heterocycles. The van der Waals surface area contributed by atoms with Gasteiger partial charge in [0.05, 0.1) is 12.7 Å². The van der Waals surface area contributed by atoms with Gasteiger partial charge in [-0.3, -0.25) is 4.79 Å². The van der Waals surface area contributed by atoms with Crippen molar-refractivity contribution in [1.82, 2.24) is 4.90 Å². The zero-order chi connectivity index (χ0) is 14.0. The van der Waals surface area contributed by atoms with E-state index in [0.717, 1.165) is 18.6 Å². The Bertz CT molecular complexity index is 470. The van der Waals surface area contributed by atoms with E-state index in [4.69, 9.17) is 4.74 Å². The molecule has 1 aliphatic rings. The number of hydrogen-bond acceptors (Lipinski definition) is 2. The van der Waals surface area contributed by atoms with Crippen molar-refractivity contribution < 1.29 is 22.7 Å². The van der Waals surface area contributed by atoms with Crippen LogP contribution in [0.4, 0.5) is 13.2 Å². The molecular weight excluding hydrogens is 259 g/mol. The molecule has 1 fully saturated rings. The molecule has 0 saturated carbocycles. The molecule has 1 atom stereocenters. The van der Waals surface area contributed by atoms with Gasteiger partial charge in [0.2, 0.25) is 0 Å². The van der Waals surface area contributed by atoms with Gasteiger partial charge in [-0.25, -0.2) is 13.2 Å². The highest BCUT2D eigenvalue weighted by atomic mass is 19.2. The lowest BCUT2D eigenvalue weighted by atomic mass is 10.1. The molecule has 0 bridgehead atoms. The summed E-state index contributed by atoms with van der Waals surface area (Å²) >= 11 is 0. The minimum Gasteiger partial charge on any atom is -0.375 e. The van der Waals surface area contributed by atoms with Crippen LogP contribution in [0.2, 0.25) is 0 Å². The van der Waals surface area contributed by atoms with E-state index in [2.05, 4.69) is 0 Å². The number of ether oxygens (including phenoxy) is 1. The van der Waals surface area contributed by atoms with Crippen LogP contribution in [0.15, 0.2) is 12.1 Å². The number of amides is 1. The van der Waals surface area contributed by atoms with Crippen molar-refractivity contribution in [3.05, 3.63) is 35.1 Å². The van der Waals surface area contributed by atoms with Gasteiger partial charge in [-0.1, -0.05) is 6.92 Å². The van der Waals surface area contributed by atoms with Crippen molar-refractivity contribution in [1.29, 1.82) is 0 Å². The Morgan fingerprint density at radius 2 is 2.00 bits per heavy atom. The van der Waals surface area contributed by atoms with Crippen LogP contribution in [0, 0.1) is 17.5 Å². The van der Waals surface area contributed by atoms with Gasteiger partial charge in [0.25, 0.3) is 5.91 Å². The van der Waals surface area contributed by atoms with Gasteiger partial charge in [-0.2, -0.15) is 0 Å². The van der Waals surface area contributed by atoms with Gasteiger partial charge in [-0.15, -0.1) is 0 Å². The molecule has 2 rings (SSSR count). The van der Waals surface area contributed by atoms with E-state index in [0.29, 0.717) is 19.7 Å². The maximum absolute atomic E-state index is 13.1. The van der Waals surface area contributed by atoms with Crippen LogP contribution >= 0.6 is 0 Å². The molecule has 1 unspecified atom stereocenters. The van der Waals surface area contributed by atoms with Crippen LogP contribution in [0.25, 0.3) is 0 Å². The summed E-state index contributed by atoms with van der Waals surface area (Å²) in [6, 6.07) is 1.44. The molecule has 19 heavy (non-hydrogen) atoms. The van der Waals surface area contributed by atoms with E-state index in [1.54, 1.807) is 0 Å². The molecule has 1 aliphatic heterocycles. The van der Waals surface area contributed by atoms with Crippen molar-refractivity contribution in [3.8, 4) is 0 Å². The van der Waals surface area contributed by atoms with Gasteiger partial charge >= 0.3 is 0 Å². The first-order valence-corrected chi connectivity index (χ1v) is 6.08. The van der Waals surface area contributed by atoms with E-state index < -0.39 is 23.4 Å². The number of nitrogens with zero attached hydrogens (tertiary/aromatic N) is 1. The molecule has 104 valence electrons. The van der Waals surface area contributed by atoms with Crippen LogP contribution < -0.4 is 0 Å². The highest BCUT2D eigenvalue weighted by Crippen LogP contribution is 2.17. The zero-order valence-corrected chi connectivity index (χ0v) is 10.5. The van der Waals surface area contributed by atoms with E-state index in [1.807, 2.05) is 6.92 Å².